The van der Waals surface area contributed by atoms with Crippen LogP contribution in [-0.4, -0.2) is 24.7 Å². The van der Waals surface area contributed by atoms with E-state index >= 15 is 0 Å². The largest absolute Gasteiger partial charge is 0.271 e. The summed E-state index contributed by atoms with van der Waals surface area (Å²) in [6, 6.07) is 7.09. The third kappa shape index (κ3) is 4.26. The van der Waals surface area contributed by atoms with Gasteiger partial charge in [-0.05, 0) is 80.0 Å². The standard InChI is InChI=1S/C23H25N5O/c29-23-2-1-9-27-28(23)21-8-7-20(24-15-21)11-16-3-4-17(10-16)12-22-25-13-19(14-26-22)18-5-6-18/h1-2,7-9,13-18H,3-6,10-12H2/t16-,17-/m0/s1. The van der Waals surface area contributed by atoms with Crippen LogP contribution in [0.4, 0.5) is 0 Å². The Hall–Kier alpha value is -2.89. The molecule has 6 nitrogen and oxygen atoms in total. The number of rotatable bonds is 6. The van der Waals surface area contributed by atoms with E-state index in [0.717, 1.165) is 30.3 Å². The average molecular weight is 387 g/mol. The molecule has 3 aromatic rings. The van der Waals surface area contributed by atoms with Crippen molar-refractivity contribution in [1.29, 1.82) is 0 Å². The number of pyridine rings is 1. The third-order valence-corrected chi connectivity index (χ3v) is 6.16. The van der Waals surface area contributed by atoms with E-state index in [9.17, 15) is 4.79 Å². The van der Waals surface area contributed by atoms with Crippen LogP contribution in [0.1, 0.15) is 55.1 Å². The van der Waals surface area contributed by atoms with Crippen LogP contribution in [0.2, 0.25) is 0 Å². The van der Waals surface area contributed by atoms with Crippen LogP contribution in [-0.2, 0) is 12.8 Å². The lowest BCUT2D eigenvalue weighted by molar-refractivity contribution is 0.476. The van der Waals surface area contributed by atoms with Crippen LogP contribution in [0.15, 0.2) is 53.8 Å². The summed E-state index contributed by atoms with van der Waals surface area (Å²) < 4.78 is 1.37. The molecule has 0 N–H and O–H groups in total. The smallest absolute Gasteiger partial charge is 0.267 e. The summed E-state index contributed by atoms with van der Waals surface area (Å²) >= 11 is 0. The summed E-state index contributed by atoms with van der Waals surface area (Å²) in [5.41, 5.74) is 2.94. The van der Waals surface area contributed by atoms with Gasteiger partial charge in [-0.15, -0.1) is 0 Å². The molecule has 2 fully saturated rings. The number of aromatic nitrogens is 5. The molecule has 2 aliphatic carbocycles. The van der Waals surface area contributed by atoms with Gasteiger partial charge in [0.15, 0.2) is 0 Å². The summed E-state index contributed by atoms with van der Waals surface area (Å²) in [6.07, 6.45) is 15.6. The fourth-order valence-electron chi connectivity index (χ4n) is 4.42. The van der Waals surface area contributed by atoms with Crippen LogP contribution in [0.25, 0.3) is 5.69 Å². The predicted octanol–water partition coefficient (Wildman–Crippen LogP) is 3.50. The first kappa shape index (κ1) is 18.2. The summed E-state index contributed by atoms with van der Waals surface area (Å²) in [5.74, 6) is 3.03. The molecule has 2 atom stereocenters. The van der Waals surface area contributed by atoms with Gasteiger partial charge >= 0.3 is 0 Å². The minimum atomic E-state index is -0.145. The van der Waals surface area contributed by atoms with Gasteiger partial charge in [0.1, 0.15) is 5.82 Å². The molecule has 0 radical (unpaired) electrons. The van der Waals surface area contributed by atoms with Crippen LogP contribution in [0.5, 0.6) is 0 Å². The molecule has 3 aromatic heterocycles. The second-order valence-corrected chi connectivity index (χ2v) is 8.44. The van der Waals surface area contributed by atoms with Gasteiger partial charge in [-0.25, -0.2) is 9.97 Å². The van der Waals surface area contributed by atoms with E-state index in [4.69, 9.17) is 0 Å². The van der Waals surface area contributed by atoms with Crippen LogP contribution in [0.3, 0.4) is 0 Å². The minimum Gasteiger partial charge on any atom is -0.267 e. The van der Waals surface area contributed by atoms with Gasteiger partial charge < -0.3 is 0 Å². The normalized spacial score (nSPS) is 21.4. The molecular formula is C23H25N5O. The van der Waals surface area contributed by atoms with Gasteiger partial charge in [0.05, 0.1) is 11.9 Å². The van der Waals surface area contributed by atoms with Crippen molar-refractivity contribution in [3.8, 4) is 5.69 Å². The van der Waals surface area contributed by atoms with E-state index in [1.54, 1.807) is 18.5 Å². The maximum atomic E-state index is 11.9. The molecule has 5 rings (SSSR count). The Labute approximate surface area is 170 Å². The Morgan fingerprint density at radius 2 is 1.69 bits per heavy atom. The summed E-state index contributed by atoms with van der Waals surface area (Å²) in [6.45, 7) is 0. The molecule has 0 aliphatic heterocycles. The maximum Gasteiger partial charge on any atom is 0.271 e. The molecule has 0 amide bonds. The lowest BCUT2D eigenvalue weighted by Gasteiger charge is -2.11. The quantitative estimate of drug-likeness (QED) is 0.647. The highest BCUT2D eigenvalue weighted by atomic mass is 16.1. The summed E-state index contributed by atoms with van der Waals surface area (Å²) in [5, 5.41) is 4.10. The fraction of sp³-hybridized carbons (Fsp3) is 0.435. The fourth-order valence-corrected chi connectivity index (χ4v) is 4.42. The highest BCUT2D eigenvalue weighted by Gasteiger charge is 2.27. The highest BCUT2D eigenvalue weighted by molar-refractivity contribution is 5.28. The van der Waals surface area contributed by atoms with Crippen molar-refractivity contribution in [2.24, 2.45) is 11.8 Å². The highest BCUT2D eigenvalue weighted by Crippen LogP contribution is 2.39. The molecule has 29 heavy (non-hydrogen) atoms. The van der Waals surface area contributed by atoms with Gasteiger partial charge in [0, 0.05) is 36.8 Å². The SMILES string of the molecule is O=c1cccnn1-c1ccc(C[C@H]2CC[C@H](Cc3ncc(C4CC4)cn3)C2)nc1. The molecule has 0 unspecified atom stereocenters. The second kappa shape index (κ2) is 7.85. The topological polar surface area (TPSA) is 73.6 Å². The number of hydrogen-bond acceptors (Lipinski definition) is 5. The molecule has 2 aliphatic rings. The minimum absolute atomic E-state index is 0.145. The maximum absolute atomic E-state index is 11.9. The first-order valence-corrected chi connectivity index (χ1v) is 10.5. The van der Waals surface area contributed by atoms with Crippen molar-refractivity contribution in [3.63, 3.8) is 0 Å². The monoisotopic (exact) mass is 387 g/mol. The average Bonchev–Trinajstić information content (AvgIpc) is 3.51. The second-order valence-electron chi connectivity index (χ2n) is 8.44. The van der Waals surface area contributed by atoms with Crippen molar-refractivity contribution >= 4 is 0 Å². The third-order valence-electron chi connectivity index (χ3n) is 6.16. The molecule has 0 bridgehead atoms. The van der Waals surface area contributed by atoms with Crippen molar-refractivity contribution in [3.05, 3.63) is 76.5 Å². The van der Waals surface area contributed by atoms with Crippen molar-refractivity contribution in [2.45, 2.75) is 50.9 Å². The van der Waals surface area contributed by atoms with E-state index in [1.807, 2.05) is 24.5 Å². The molecule has 3 heterocycles. The molecule has 0 aromatic carbocycles. The van der Waals surface area contributed by atoms with Gasteiger partial charge in [0.2, 0.25) is 0 Å². The van der Waals surface area contributed by atoms with E-state index < -0.39 is 0 Å². The Kier molecular flexibility index (Phi) is 4.92. The zero-order valence-electron chi connectivity index (χ0n) is 16.4. The van der Waals surface area contributed by atoms with Gasteiger partial charge in [0.25, 0.3) is 5.56 Å². The Morgan fingerprint density at radius 1 is 0.897 bits per heavy atom. The molecular weight excluding hydrogens is 362 g/mol. The predicted molar refractivity (Wildman–Crippen MR) is 110 cm³/mol. The first-order chi connectivity index (χ1) is 14.2. The van der Waals surface area contributed by atoms with Crippen LogP contribution < -0.4 is 5.56 Å². The number of hydrogen-bond donors (Lipinski definition) is 0. The molecule has 148 valence electrons. The van der Waals surface area contributed by atoms with E-state index in [0.29, 0.717) is 17.5 Å². The molecule has 6 heteroatoms. The van der Waals surface area contributed by atoms with E-state index in [-0.39, 0.29) is 5.56 Å². The number of nitrogens with zero attached hydrogens (tertiary/aromatic N) is 5. The Balaban J connectivity index is 1.16. The lowest BCUT2D eigenvalue weighted by Crippen LogP contribution is -2.19. The summed E-state index contributed by atoms with van der Waals surface area (Å²) in [7, 11) is 0. The van der Waals surface area contributed by atoms with Crippen molar-refractivity contribution in [2.75, 3.05) is 0 Å². The van der Waals surface area contributed by atoms with Crippen LogP contribution >= 0.6 is 0 Å². The van der Waals surface area contributed by atoms with Crippen molar-refractivity contribution in [1.82, 2.24) is 24.7 Å². The van der Waals surface area contributed by atoms with Crippen molar-refractivity contribution < 1.29 is 0 Å². The van der Waals surface area contributed by atoms with Crippen LogP contribution in [0, 0.1) is 11.8 Å². The molecule has 0 spiro atoms. The Morgan fingerprint density at radius 3 is 2.38 bits per heavy atom. The first-order valence-electron chi connectivity index (χ1n) is 10.5. The van der Waals surface area contributed by atoms with E-state index in [1.165, 1.54) is 48.4 Å². The zero-order valence-corrected chi connectivity index (χ0v) is 16.4. The van der Waals surface area contributed by atoms with Gasteiger partial charge in [-0.1, -0.05) is 0 Å². The molecule has 0 saturated heterocycles. The Bertz CT molecular complexity index is 1020. The van der Waals surface area contributed by atoms with Gasteiger partial charge in [-0.2, -0.15) is 9.78 Å². The lowest BCUT2D eigenvalue weighted by atomic mass is 9.97. The molecule has 2 saturated carbocycles. The zero-order chi connectivity index (χ0) is 19.6. The van der Waals surface area contributed by atoms with Gasteiger partial charge in [-0.3, -0.25) is 9.78 Å². The summed E-state index contributed by atoms with van der Waals surface area (Å²) in [4.78, 5) is 25.7. The van der Waals surface area contributed by atoms with E-state index in [2.05, 4.69) is 20.1 Å².